The lowest BCUT2D eigenvalue weighted by atomic mass is 10.0. The summed E-state index contributed by atoms with van der Waals surface area (Å²) in [6, 6.07) is 64.9. The van der Waals surface area contributed by atoms with Gasteiger partial charge >= 0.3 is 0 Å². The maximum atomic E-state index is 6.52. The van der Waals surface area contributed by atoms with E-state index < -0.39 is 0 Å². The first-order valence-corrected chi connectivity index (χ1v) is 16.7. The third kappa shape index (κ3) is 4.37. The maximum Gasteiger partial charge on any atom is 0.137 e. The summed E-state index contributed by atoms with van der Waals surface area (Å²) in [5, 5.41) is 7.14. The van der Waals surface area contributed by atoms with Crippen molar-refractivity contribution in [3.05, 3.63) is 182 Å². The van der Waals surface area contributed by atoms with Gasteiger partial charge < -0.3 is 13.9 Å². The summed E-state index contributed by atoms with van der Waals surface area (Å²) in [7, 11) is 0. The van der Waals surface area contributed by atoms with Gasteiger partial charge in [0, 0.05) is 33.2 Å². The molecule has 0 fully saturated rings. The van der Waals surface area contributed by atoms with Gasteiger partial charge in [-0.1, -0.05) is 115 Å². The monoisotopic (exact) mass is 626 g/mol. The van der Waals surface area contributed by atoms with Gasteiger partial charge in [0.2, 0.25) is 0 Å². The van der Waals surface area contributed by atoms with Gasteiger partial charge in [0.05, 0.1) is 22.1 Å². The molecule has 10 rings (SSSR count). The minimum Gasteiger partial charge on any atom is -0.456 e. The Morgan fingerprint density at radius 2 is 0.959 bits per heavy atom. The number of para-hydroxylation sites is 2. The van der Waals surface area contributed by atoms with Gasteiger partial charge in [0.1, 0.15) is 11.2 Å². The minimum absolute atomic E-state index is 0.872. The number of nitrogens with zero attached hydrogens (tertiary/aromatic N) is 2. The topological polar surface area (TPSA) is 21.3 Å². The van der Waals surface area contributed by atoms with E-state index in [-0.39, 0.29) is 0 Å². The van der Waals surface area contributed by atoms with E-state index in [0.717, 1.165) is 44.7 Å². The molecule has 0 atom stereocenters. The van der Waals surface area contributed by atoms with Crippen molar-refractivity contribution in [2.24, 2.45) is 0 Å². The van der Waals surface area contributed by atoms with Crippen molar-refractivity contribution in [1.82, 2.24) is 4.57 Å². The predicted molar refractivity (Wildman–Crippen MR) is 206 cm³/mol. The van der Waals surface area contributed by atoms with E-state index >= 15 is 0 Å². The van der Waals surface area contributed by atoms with Gasteiger partial charge in [0.25, 0.3) is 0 Å². The Morgan fingerprint density at radius 3 is 1.67 bits per heavy atom. The van der Waals surface area contributed by atoms with Crippen LogP contribution in [0.15, 0.2) is 186 Å². The quantitative estimate of drug-likeness (QED) is 0.190. The summed E-state index contributed by atoms with van der Waals surface area (Å²) in [5.41, 5.74) is 10.9. The van der Waals surface area contributed by atoms with Gasteiger partial charge in [-0.3, -0.25) is 0 Å². The number of furan rings is 1. The van der Waals surface area contributed by atoms with E-state index in [0.29, 0.717) is 0 Å². The van der Waals surface area contributed by atoms with Crippen molar-refractivity contribution in [3.63, 3.8) is 0 Å². The van der Waals surface area contributed by atoms with Crippen LogP contribution < -0.4 is 4.90 Å². The average molecular weight is 627 g/mol. The Morgan fingerprint density at radius 1 is 0.388 bits per heavy atom. The van der Waals surface area contributed by atoms with Crippen LogP contribution >= 0.6 is 0 Å². The lowest BCUT2D eigenvalue weighted by molar-refractivity contribution is 0.669. The lowest BCUT2D eigenvalue weighted by Crippen LogP contribution is -2.10. The highest BCUT2D eigenvalue weighted by Gasteiger charge is 2.21. The lowest BCUT2D eigenvalue weighted by Gasteiger charge is -2.27. The van der Waals surface area contributed by atoms with E-state index in [4.69, 9.17) is 4.42 Å². The zero-order valence-corrected chi connectivity index (χ0v) is 26.6. The number of benzene rings is 8. The largest absolute Gasteiger partial charge is 0.456 e. The standard InChI is InChI=1S/C46H30N2O/c1-2-11-31(12-3-1)32-21-24-34(25-22-32)47(42-19-10-20-43-46(42)45-37-14-5-4-13-33(37)23-30-44(45)49-43)35-26-28-36(29-27-35)48-40-17-8-6-15-38(40)39-16-7-9-18-41(39)48/h1-30H. The van der Waals surface area contributed by atoms with E-state index in [1.807, 2.05) is 0 Å². The second-order valence-electron chi connectivity index (χ2n) is 12.5. The van der Waals surface area contributed by atoms with E-state index in [1.165, 1.54) is 43.7 Å². The molecule has 0 bridgehead atoms. The normalized spacial score (nSPS) is 11.7. The number of fused-ring (bicyclic) bond motifs is 8. The fraction of sp³-hybridized carbons (Fsp3) is 0. The van der Waals surface area contributed by atoms with Crippen LogP contribution in [0.25, 0.3) is 71.3 Å². The number of aromatic nitrogens is 1. The van der Waals surface area contributed by atoms with Crippen molar-refractivity contribution in [3.8, 4) is 16.8 Å². The Hall–Kier alpha value is -6.58. The van der Waals surface area contributed by atoms with Crippen LogP contribution in [0.2, 0.25) is 0 Å². The van der Waals surface area contributed by atoms with Crippen LogP contribution in [0, 0.1) is 0 Å². The summed E-state index contributed by atoms with van der Waals surface area (Å²) >= 11 is 0. The fourth-order valence-electron chi connectivity index (χ4n) is 7.57. The summed E-state index contributed by atoms with van der Waals surface area (Å²) in [6.07, 6.45) is 0. The molecular weight excluding hydrogens is 597 g/mol. The van der Waals surface area contributed by atoms with Crippen molar-refractivity contribution in [2.75, 3.05) is 4.90 Å². The summed E-state index contributed by atoms with van der Waals surface area (Å²) in [5.74, 6) is 0. The van der Waals surface area contributed by atoms with Crippen molar-refractivity contribution < 1.29 is 4.42 Å². The van der Waals surface area contributed by atoms with Crippen molar-refractivity contribution in [2.45, 2.75) is 0 Å². The zero-order chi connectivity index (χ0) is 32.3. The fourth-order valence-corrected chi connectivity index (χ4v) is 7.57. The molecule has 2 aromatic heterocycles. The van der Waals surface area contributed by atoms with Gasteiger partial charge in [-0.05, 0) is 88.6 Å². The summed E-state index contributed by atoms with van der Waals surface area (Å²) in [6.45, 7) is 0. The molecule has 3 heteroatoms. The van der Waals surface area contributed by atoms with Crippen LogP contribution in [0.5, 0.6) is 0 Å². The molecule has 0 unspecified atom stereocenters. The molecule has 230 valence electrons. The number of hydrogen-bond donors (Lipinski definition) is 0. The zero-order valence-electron chi connectivity index (χ0n) is 26.6. The molecule has 0 spiro atoms. The third-order valence-electron chi connectivity index (χ3n) is 9.78. The third-order valence-corrected chi connectivity index (χ3v) is 9.78. The molecule has 3 nitrogen and oxygen atoms in total. The Balaban J connectivity index is 1.19. The van der Waals surface area contributed by atoms with Crippen molar-refractivity contribution in [1.29, 1.82) is 0 Å². The summed E-state index contributed by atoms with van der Waals surface area (Å²) in [4.78, 5) is 2.36. The molecule has 0 N–H and O–H groups in total. The first-order valence-electron chi connectivity index (χ1n) is 16.7. The molecule has 0 radical (unpaired) electrons. The van der Waals surface area contributed by atoms with Gasteiger partial charge in [0.15, 0.2) is 0 Å². The van der Waals surface area contributed by atoms with Gasteiger partial charge in [-0.2, -0.15) is 0 Å². The minimum atomic E-state index is 0.872. The van der Waals surface area contributed by atoms with E-state index in [1.54, 1.807) is 0 Å². The second kappa shape index (κ2) is 11.0. The van der Waals surface area contributed by atoms with Crippen molar-refractivity contribution >= 4 is 71.6 Å². The van der Waals surface area contributed by atoms with Gasteiger partial charge in [-0.25, -0.2) is 0 Å². The second-order valence-corrected chi connectivity index (χ2v) is 12.5. The van der Waals surface area contributed by atoms with E-state index in [2.05, 4.69) is 191 Å². The number of anilines is 3. The van der Waals surface area contributed by atoms with Crippen LogP contribution in [-0.2, 0) is 0 Å². The molecule has 0 aliphatic heterocycles. The number of rotatable bonds is 5. The smallest absolute Gasteiger partial charge is 0.137 e. The molecule has 8 aromatic carbocycles. The van der Waals surface area contributed by atoms with E-state index in [9.17, 15) is 0 Å². The van der Waals surface area contributed by atoms with Crippen LogP contribution in [-0.4, -0.2) is 4.57 Å². The highest BCUT2D eigenvalue weighted by Crippen LogP contribution is 2.45. The molecule has 49 heavy (non-hydrogen) atoms. The Kier molecular flexibility index (Phi) is 6.18. The molecule has 0 aliphatic carbocycles. The SMILES string of the molecule is c1ccc(-c2ccc(N(c3ccc(-n4c5ccccc5c5ccccc54)cc3)c3cccc4oc5ccc6ccccc6c5c34)cc2)cc1. The Bertz CT molecular complexity index is 2750. The first kappa shape index (κ1) is 27.5. The molecule has 0 aliphatic rings. The molecule has 10 aromatic rings. The first-order chi connectivity index (χ1) is 24.3. The molecule has 0 amide bonds. The van der Waals surface area contributed by atoms with Crippen LogP contribution in [0.1, 0.15) is 0 Å². The number of hydrogen-bond acceptors (Lipinski definition) is 2. The molecule has 2 heterocycles. The average Bonchev–Trinajstić information content (AvgIpc) is 3.73. The van der Waals surface area contributed by atoms with Crippen LogP contribution in [0.3, 0.4) is 0 Å². The predicted octanol–water partition coefficient (Wildman–Crippen LogP) is 13.0. The maximum absolute atomic E-state index is 6.52. The highest BCUT2D eigenvalue weighted by atomic mass is 16.3. The molecule has 0 saturated heterocycles. The van der Waals surface area contributed by atoms with Crippen LogP contribution in [0.4, 0.5) is 17.1 Å². The molecule has 0 saturated carbocycles. The highest BCUT2D eigenvalue weighted by molar-refractivity contribution is 6.23. The van der Waals surface area contributed by atoms with Gasteiger partial charge in [-0.15, -0.1) is 0 Å². The summed E-state index contributed by atoms with van der Waals surface area (Å²) < 4.78 is 8.88. The molecular formula is C46H30N2O. The Labute approximate surface area is 283 Å².